The van der Waals surface area contributed by atoms with Crippen molar-refractivity contribution >= 4 is 11.1 Å². The van der Waals surface area contributed by atoms with Crippen molar-refractivity contribution in [2.75, 3.05) is 0 Å². The molecule has 2 heterocycles. The lowest BCUT2D eigenvalue weighted by Gasteiger charge is -2.18. The molecule has 0 aliphatic heterocycles. The van der Waals surface area contributed by atoms with E-state index < -0.39 is 0 Å². The van der Waals surface area contributed by atoms with Gasteiger partial charge in [-0.3, -0.25) is 0 Å². The van der Waals surface area contributed by atoms with Crippen molar-refractivity contribution in [2.24, 2.45) is 0 Å². The Morgan fingerprint density at radius 1 is 1.17 bits per heavy atom. The van der Waals surface area contributed by atoms with Gasteiger partial charge in [-0.2, -0.15) is 0 Å². The summed E-state index contributed by atoms with van der Waals surface area (Å²) in [5.41, 5.74) is 8.09. The predicted octanol–water partition coefficient (Wildman–Crippen LogP) is 5.57. The predicted molar refractivity (Wildman–Crippen MR) is 95.8 cm³/mol. The van der Waals surface area contributed by atoms with Crippen LogP contribution < -0.4 is 0 Å². The fourth-order valence-electron chi connectivity index (χ4n) is 4.17. The molecule has 3 nitrogen and oxygen atoms in total. The Hall–Kier alpha value is -2.03. The molecule has 0 atom stereocenters. The van der Waals surface area contributed by atoms with Gasteiger partial charge in [0.1, 0.15) is 5.76 Å². The zero-order valence-electron chi connectivity index (χ0n) is 14.5. The molecule has 3 heteroatoms. The van der Waals surface area contributed by atoms with E-state index in [-0.39, 0.29) is 0 Å². The molecule has 0 bridgehead atoms. The van der Waals surface area contributed by atoms with E-state index in [4.69, 9.17) is 4.52 Å². The highest BCUT2D eigenvalue weighted by Crippen LogP contribution is 2.48. The number of aryl methyl sites for hydroxylation is 2. The first-order chi connectivity index (χ1) is 11.7. The maximum atomic E-state index is 5.40. The fourth-order valence-corrected chi connectivity index (χ4v) is 4.17. The van der Waals surface area contributed by atoms with Gasteiger partial charge in [0, 0.05) is 17.8 Å². The second kappa shape index (κ2) is 5.23. The smallest absolute Gasteiger partial charge is 0.141 e. The van der Waals surface area contributed by atoms with E-state index in [9.17, 15) is 0 Å². The van der Waals surface area contributed by atoms with Gasteiger partial charge in [-0.1, -0.05) is 11.2 Å². The van der Waals surface area contributed by atoms with Crippen LogP contribution in [0.15, 0.2) is 28.9 Å². The van der Waals surface area contributed by atoms with Gasteiger partial charge in [-0.05, 0) is 87.1 Å². The maximum absolute atomic E-state index is 5.40. The fraction of sp³-hybridized carbons (Fsp3) is 0.476. The minimum absolute atomic E-state index is 0.728. The molecule has 2 saturated carbocycles. The molecule has 2 aromatic rings. The van der Waals surface area contributed by atoms with E-state index in [1.54, 1.807) is 5.56 Å². The molecule has 5 rings (SSSR count). The van der Waals surface area contributed by atoms with Gasteiger partial charge in [0.15, 0.2) is 0 Å². The van der Waals surface area contributed by atoms with Gasteiger partial charge < -0.3 is 9.09 Å². The van der Waals surface area contributed by atoms with Crippen molar-refractivity contribution < 1.29 is 4.52 Å². The largest absolute Gasteiger partial charge is 0.361 e. The molecule has 0 saturated heterocycles. The molecule has 0 radical (unpaired) electrons. The quantitative estimate of drug-likeness (QED) is 0.737. The third-order valence-electron chi connectivity index (χ3n) is 5.64. The highest BCUT2D eigenvalue weighted by atomic mass is 16.5. The highest BCUT2D eigenvalue weighted by molar-refractivity contribution is 5.87. The van der Waals surface area contributed by atoms with E-state index in [1.165, 1.54) is 48.1 Å². The molecule has 24 heavy (non-hydrogen) atoms. The molecule has 3 aliphatic carbocycles. The first-order valence-corrected chi connectivity index (χ1v) is 9.27. The van der Waals surface area contributed by atoms with Gasteiger partial charge >= 0.3 is 0 Å². The summed E-state index contributed by atoms with van der Waals surface area (Å²) in [4.78, 5) is 0. The van der Waals surface area contributed by atoms with E-state index in [1.807, 2.05) is 13.8 Å². The average Bonchev–Trinajstić information content (AvgIpc) is 3.52. The van der Waals surface area contributed by atoms with Crippen molar-refractivity contribution in [1.29, 1.82) is 0 Å². The van der Waals surface area contributed by atoms with Crippen molar-refractivity contribution in [1.82, 2.24) is 9.72 Å². The molecule has 2 fully saturated rings. The van der Waals surface area contributed by atoms with E-state index in [2.05, 4.69) is 34.1 Å². The summed E-state index contributed by atoms with van der Waals surface area (Å²) >= 11 is 0. The molecular weight excluding hydrogens is 296 g/mol. The first kappa shape index (κ1) is 14.3. The molecule has 124 valence electrons. The number of hydrogen-bond donors (Lipinski definition) is 0. The Morgan fingerprint density at radius 2 is 2.00 bits per heavy atom. The summed E-state index contributed by atoms with van der Waals surface area (Å²) in [5, 5.41) is 4.15. The Balaban J connectivity index is 1.60. The molecule has 0 amide bonds. The molecule has 0 unspecified atom stereocenters. The topological polar surface area (TPSA) is 31.0 Å². The van der Waals surface area contributed by atoms with Crippen LogP contribution in [-0.4, -0.2) is 9.72 Å². The summed E-state index contributed by atoms with van der Waals surface area (Å²) in [6.07, 6.45) is 14.7. The standard InChI is InChI=1S/C21H24N2O/c1-13-20(14(2)24-22-13)16-4-3-5-17(12-16)21-19(15-6-7-15)10-11-23(21)18-8-9-18/h5,10-12,15,18H,3-4,6-9H2,1-2H3. The van der Waals surface area contributed by atoms with Gasteiger partial charge in [-0.25, -0.2) is 0 Å². The first-order valence-electron chi connectivity index (χ1n) is 9.27. The van der Waals surface area contributed by atoms with Crippen LogP contribution in [0.3, 0.4) is 0 Å². The Labute approximate surface area is 143 Å². The number of nitrogens with zero attached hydrogens (tertiary/aromatic N) is 2. The monoisotopic (exact) mass is 320 g/mol. The molecule has 2 aromatic heterocycles. The number of aromatic nitrogens is 2. The maximum Gasteiger partial charge on any atom is 0.141 e. The molecular formula is C21H24N2O. The summed E-state index contributed by atoms with van der Waals surface area (Å²) in [7, 11) is 0. The van der Waals surface area contributed by atoms with Crippen LogP contribution in [0.1, 0.15) is 78.8 Å². The number of rotatable bonds is 4. The lowest BCUT2D eigenvalue weighted by molar-refractivity contribution is 0.393. The third kappa shape index (κ3) is 2.29. The second-order valence-corrected chi connectivity index (χ2v) is 7.60. The average molecular weight is 320 g/mol. The minimum atomic E-state index is 0.728. The van der Waals surface area contributed by atoms with Gasteiger partial charge in [-0.15, -0.1) is 0 Å². The van der Waals surface area contributed by atoms with Crippen LogP contribution in [0, 0.1) is 13.8 Å². The van der Waals surface area contributed by atoms with Crippen LogP contribution in [0.5, 0.6) is 0 Å². The van der Waals surface area contributed by atoms with E-state index in [0.29, 0.717) is 0 Å². The summed E-state index contributed by atoms with van der Waals surface area (Å²) < 4.78 is 7.95. The summed E-state index contributed by atoms with van der Waals surface area (Å²) in [5.74, 6) is 1.73. The van der Waals surface area contributed by atoms with Crippen molar-refractivity contribution in [3.8, 4) is 0 Å². The molecule has 0 N–H and O–H groups in total. The lowest BCUT2D eigenvalue weighted by Crippen LogP contribution is -2.03. The summed E-state index contributed by atoms with van der Waals surface area (Å²) in [6.45, 7) is 4.07. The Bertz CT molecular complexity index is 808. The van der Waals surface area contributed by atoms with Crippen LogP contribution >= 0.6 is 0 Å². The van der Waals surface area contributed by atoms with Crippen molar-refractivity contribution in [3.05, 3.63) is 52.7 Å². The van der Waals surface area contributed by atoms with E-state index in [0.717, 1.165) is 36.3 Å². The van der Waals surface area contributed by atoms with Crippen LogP contribution in [0.4, 0.5) is 0 Å². The number of hydrogen-bond acceptors (Lipinski definition) is 2. The van der Waals surface area contributed by atoms with E-state index >= 15 is 0 Å². The molecule has 0 spiro atoms. The molecule has 3 aliphatic rings. The second-order valence-electron chi connectivity index (χ2n) is 7.60. The van der Waals surface area contributed by atoms with Crippen LogP contribution in [-0.2, 0) is 0 Å². The zero-order chi connectivity index (χ0) is 16.3. The highest BCUT2D eigenvalue weighted by Gasteiger charge is 2.33. The van der Waals surface area contributed by atoms with Crippen LogP contribution in [0.25, 0.3) is 11.1 Å². The minimum Gasteiger partial charge on any atom is -0.361 e. The van der Waals surface area contributed by atoms with Crippen LogP contribution in [0.2, 0.25) is 0 Å². The third-order valence-corrected chi connectivity index (χ3v) is 5.64. The van der Waals surface area contributed by atoms with Gasteiger partial charge in [0.25, 0.3) is 0 Å². The Morgan fingerprint density at radius 3 is 2.67 bits per heavy atom. The number of allylic oxidation sites excluding steroid dienone is 4. The zero-order valence-corrected chi connectivity index (χ0v) is 14.5. The lowest BCUT2D eigenvalue weighted by atomic mass is 9.90. The SMILES string of the molecule is Cc1noc(C)c1C1=CC(c2c(C3CC3)ccn2C2CC2)=CCC1. The summed E-state index contributed by atoms with van der Waals surface area (Å²) in [6, 6.07) is 3.11. The normalized spacial score (nSPS) is 20.9. The molecule has 0 aromatic carbocycles. The van der Waals surface area contributed by atoms with Crippen molar-refractivity contribution in [2.45, 2.75) is 64.3 Å². The van der Waals surface area contributed by atoms with Gasteiger partial charge in [0.2, 0.25) is 0 Å². The van der Waals surface area contributed by atoms with Crippen molar-refractivity contribution in [3.63, 3.8) is 0 Å². The van der Waals surface area contributed by atoms with Gasteiger partial charge in [0.05, 0.1) is 11.4 Å². The Kier molecular flexibility index (Phi) is 3.12.